The lowest BCUT2D eigenvalue weighted by Gasteiger charge is -2.35. The average Bonchev–Trinajstić information content (AvgIpc) is 2.62. The molecule has 1 aromatic rings. The number of piperidine rings is 1. The number of carbonyl (C=O) groups excluding carboxylic acids is 1. The van der Waals surface area contributed by atoms with Crippen LogP contribution < -0.4 is 5.32 Å². The molecule has 0 aliphatic carbocycles. The first-order valence-electron chi connectivity index (χ1n) is 8.88. The van der Waals surface area contributed by atoms with Crippen LogP contribution in [0.2, 0.25) is 0 Å². The Morgan fingerprint density at radius 2 is 2.00 bits per heavy atom. The van der Waals surface area contributed by atoms with Gasteiger partial charge in [0.15, 0.2) is 0 Å². The zero-order valence-corrected chi connectivity index (χ0v) is 14.1. The molecule has 0 bridgehead atoms. The number of carbonyl (C=O) groups is 1. The van der Waals surface area contributed by atoms with E-state index in [-0.39, 0.29) is 11.9 Å². The van der Waals surface area contributed by atoms with Crippen LogP contribution in [0, 0.1) is 12.8 Å². The van der Waals surface area contributed by atoms with E-state index in [1.54, 1.807) is 0 Å². The Kier molecular flexibility index (Phi) is 5.68. The summed E-state index contributed by atoms with van der Waals surface area (Å²) in [4.78, 5) is 14.5. The van der Waals surface area contributed by atoms with Gasteiger partial charge in [-0.2, -0.15) is 0 Å². The molecule has 1 atom stereocenters. The van der Waals surface area contributed by atoms with Crippen molar-refractivity contribution >= 4 is 5.91 Å². The highest BCUT2D eigenvalue weighted by molar-refractivity contribution is 5.82. The molecular weight excluding hydrogens is 288 g/mol. The summed E-state index contributed by atoms with van der Waals surface area (Å²) < 4.78 is 5.40. The van der Waals surface area contributed by atoms with Crippen molar-refractivity contribution in [2.75, 3.05) is 32.8 Å². The van der Waals surface area contributed by atoms with Crippen LogP contribution in [0.4, 0.5) is 0 Å². The second-order valence-electron chi connectivity index (χ2n) is 6.87. The Hall–Kier alpha value is -1.39. The van der Waals surface area contributed by atoms with Crippen molar-refractivity contribution in [1.82, 2.24) is 10.2 Å². The number of benzene rings is 1. The molecular formula is C19H28N2O2. The average molecular weight is 316 g/mol. The molecule has 1 N–H and O–H groups in total. The minimum absolute atomic E-state index is 0.132. The van der Waals surface area contributed by atoms with E-state index in [1.807, 2.05) is 4.90 Å². The van der Waals surface area contributed by atoms with Crippen molar-refractivity contribution in [1.29, 1.82) is 0 Å². The van der Waals surface area contributed by atoms with Crippen LogP contribution in [0.15, 0.2) is 24.3 Å². The van der Waals surface area contributed by atoms with Gasteiger partial charge in [-0.25, -0.2) is 0 Å². The molecule has 2 heterocycles. The monoisotopic (exact) mass is 316 g/mol. The first kappa shape index (κ1) is 16.5. The predicted octanol–water partition coefficient (Wildman–Crippen LogP) is 2.15. The maximum Gasteiger partial charge on any atom is 0.242 e. The van der Waals surface area contributed by atoms with Crippen LogP contribution >= 0.6 is 0 Å². The smallest absolute Gasteiger partial charge is 0.242 e. The molecule has 0 radical (unpaired) electrons. The highest BCUT2D eigenvalue weighted by atomic mass is 16.5. The molecule has 1 unspecified atom stereocenters. The van der Waals surface area contributed by atoms with Gasteiger partial charge >= 0.3 is 0 Å². The van der Waals surface area contributed by atoms with E-state index in [9.17, 15) is 4.79 Å². The Bertz CT molecular complexity index is 501. The van der Waals surface area contributed by atoms with Gasteiger partial charge in [-0.15, -0.1) is 0 Å². The minimum atomic E-state index is -0.132. The molecule has 0 saturated carbocycles. The Balaban J connectivity index is 1.41. The van der Waals surface area contributed by atoms with E-state index in [4.69, 9.17) is 4.74 Å². The fourth-order valence-electron chi connectivity index (χ4n) is 3.51. The van der Waals surface area contributed by atoms with Crippen LogP contribution in [-0.2, 0) is 16.0 Å². The van der Waals surface area contributed by atoms with E-state index in [0.29, 0.717) is 13.2 Å². The second kappa shape index (κ2) is 7.93. The molecule has 126 valence electrons. The van der Waals surface area contributed by atoms with E-state index in [1.165, 1.54) is 17.5 Å². The lowest BCUT2D eigenvalue weighted by molar-refractivity contribution is -0.137. The Morgan fingerprint density at radius 1 is 1.26 bits per heavy atom. The number of amides is 1. The molecule has 2 aliphatic heterocycles. The molecule has 2 fully saturated rings. The van der Waals surface area contributed by atoms with E-state index in [0.717, 1.165) is 44.8 Å². The molecule has 4 nitrogen and oxygen atoms in total. The van der Waals surface area contributed by atoms with E-state index in [2.05, 4.69) is 36.5 Å². The van der Waals surface area contributed by atoms with Crippen molar-refractivity contribution in [3.63, 3.8) is 0 Å². The fraction of sp³-hybridized carbons (Fsp3) is 0.632. The Labute approximate surface area is 139 Å². The molecule has 4 heteroatoms. The van der Waals surface area contributed by atoms with Gasteiger partial charge in [0.05, 0.1) is 13.2 Å². The van der Waals surface area contributed by atoms with Gasteiger partial charge in [0, 0.05) is 19.6 Å². The zero-order chi connectivity index (χ0) is 16.1. The molecule has 3 rings (SSSR count). The fourth-order valence-corrected chi connectivity index (χ4v) is 3.51. The third-order valence-electron chi connectivity index (χ3n) is 5.11. The molecule has 1 aromatic carbocycles. The summed E-state index contributed by atoms with van der Waals surface area (Å²) >= 11 is 0. The molecule has 2 saturated heterocycles. The molecule has 0 spiro atoms. The maximum absolute atomic E-state index is 12.5. The summed E-state index contributed by atoms with van der Waals surface area (Å²) in [7, 11) is 0. The van der Waals surface area contributed by atoms with Gasteiger partial charge in [-0.3, -0.25) is 4.79 Å². The number of nitrogens with zero attached hydrogens (tertiary/aromatic N) is 1. The zero-order valence-electron chi connectivity index (χ0n) is 14.1. The standard InChI is InChI=1S/C19H28N2O2/c1-15-2-4-16(5-3-15)6-7-17-8-11-21(12-9-17)19(22)18-14-23-13-10-20-18/h2-5,17-18,20H,6-14H2,1H3. The van der Waals surface area contributed by atoms with Crippen molar-refractivity contribution < 1.29 is 9.53 Å². The van der Waals surface area contributed by atoms with Crippen molar-refractivity contribution in [2.45, 2.75) is 38.6 Å². The summed E-state index contributed by atoms with van der Waals surface area (Å²) in [5.74, 6) is 0.970. The summed E-state index contributed by atoms with van der Waals surface area (Å²) in [6, 6.07) is 8.73. The number of morpholine rings is 1. The van der Waals surface area contributed by atoms with Gasteiger partial charge in [0.25, 0.3) is 0 Å². The number of hydrogen-bond donors (Lipinski definition) is 1. The number of hydrogen-bond acceptors (Lipinski definition) is 3. The van der Waals surface area contributed by atoms with Crippen LogP contribution in [0.25, 0.3) is 0 Å². The number of rotatable bonds is 4. The number of aryl methyl sites for hydroxylation is 2. The molecule has 23 heavy (non-hydrogen) atoms. The third kappa shape index (κ3) is 4.55. The SMILES string of the molecule is Cc1ccc(CCC2CCN(C(=O)C3COCCN3)CC2)cc1. The predicted molar refractivity (Wildman–Crippen MR) is 91.4 cm³/mol. The van der Waals surface area contributed by atoms with E-state index >= 15 is 0 Å². The highest BCUT2D eigenvalue weighted by Gasteiger charge is 2.29. The first-order chi connectivity index (χ1) is 11.2. The second-order valence-corrected chi connectivity index (χ2v) is 6.87. The largest absolute Gasteiger partial charge is 0.378 e. The summed E-state index contributed by atoms with van der Waals surface area (Å²) in [6.07, 6.45) is 4.64. The third-order valence-corrected chi connectivity index (χ3v) is 5.11. The lowest BCUT2D eigenvalue weighted by Crippen LogP contribution is -2.54. The summed E-state index contributed by atoms with van der Waals surface area (Å²) in [5.41, 5.74) is 2.75. The highest BCUT2D eigenvalue weighted by Crippen LogP contribution is 2.23. The van der Waals surface area contributed by atoms with Gasteiger partial charge in [-0.1, -0.05) is 29.8 Å². The van der Waals surface area contributed by atoms with Gasteiger partial charge in [0.1, 0.15) is 6.04 Å². The minimum Gasteiger partial charge on any atom is -0.378 e. The van der Waals surface area contributed by atoms with Crippen molar-refractivity contribution in [2.24, 2.45) is 5.92 Å². The van der Waals surface area contributed by atoms with Crippen LogP contribution in [0.1, 0.15) is 30.4 Å². The van der Waals surface area contributed by atoms with Crippen LogP contribution in [-0.4, -0.2) is 49.7 Å². The number of nitrogens with one attached hydrogen (secondary N) is 1. The molecule has 0 aromatic heterocycles. The number of ether oxygens (including phenoxy) is 1. The topological polar surface area (TPSA) is 41.6 Å². The number of likely N-dealkylation sites (tertiary alicyclic amines) is 1. The first-order valence-corrected chi connectivity index (χ1v) is 8.88. The molecule has 1 amide bonds. The van der Waals surface area contributed by atoms with Gasteiger partial charge < -0.3 is 15.0 Å². The van der Waals surface area contributed by atoms with Crippen molar-refractivity contribution in [3.05, 3.63) is 35.4 Å². The van der Waals surface area contributed by atoms with Crippen LogP contribution in [0.5, 0.6) is 0 Å². The molecule has 2 aliphatic rings. The van der Waals surface area contributed by atoms with Gasteiger partial charge in [-0.05, 0) is 44.1 Å². The maximum atomic E-state index is 12.5. The van der Waals surface area contributed by atoms with E-state index < -0.39 is 0 Å². The van der Waals surface area contributed by atoms with Gasteiger partial charge in [0.2, 0.25) is 5.91 Å². The van der Waals surface area contributed by atoms with Crippen LogP contribution in [0.3, 0.4) is 0 Å². The quantitative estimate of drug-likeness (QED) is 0.925. The Morgan fingerprint density at radius 3 is 2.65 bits per heavy atom. The normalized spacial score (nSPS) is 23.0. The summed E-state index contributed by atoms with van der Waals surface area (Å²) in [5, 5.41) is 3.26. The lowest BCUT2D eigenvalue weighted by atomic mass is 9.90. The summed E-state index contributed by atoms with van der Waals surface area (Å²) in [6.45, 7) is 5.94. The van der Waals surface area contributed by atoms with Crippen molar-refractivity contribution in [3.8, 4) is 0 Å².